The third-order valence-electron chi connectivity index (χ3n) is 3.97. The fourth-order valence-corrected chi connectivity index (χ4v) is 3.77. The molecule has 4 nitrogen and oxygen atoms in total. The highest BCUT2D eigenvalue weighted by atomic mass is 35.5. The third kappa shape index (κ3) is 3.51. The molecule has 0 radical (unpaired) electrons. The number of pyridine rings is 1. The predicted molar refractivity (Wildman–Crippen MR) is 109 cm³/mol. The molecule has 3 heterocycles. The number of para-hydroxylation sites is 1. The summed E-state index contributed by atoms with van der Waals surface area (Å²) in [5, 5.41) is 2.42. The van der Waals surface area contributed by atoms with Gasteiger partial charge in [0.15, 0.2) is 0 Å². The Bertz CT molecular complexity index is 1090. The van der Waals surface area contributed by atoms with Crippen LogP contribution in [0.15, 0.2) is 64.9 Å². The molecule has 0 aliphatic carbocycles. The third-order valence-corrected chi connectivity index (χ3v) is 5.18. The first-order valence-corrected chi connectivity index (χ1v) is 9.14. The van der Waals surface area contributed by atoms with Gasteiger partial charge in [-0.25, -0.2) is 4.98 Å². The number of fused-ring (bicyclic) bond motifs is 1. The van der Waals surface area contributed by atoms with E-state index in [1.165, 1.54) is 11.3 Å². The predicted octanol–water partition coefficient (Wildman–Crippen LogP) is 4.70. The van der Waals surface area contributed by atoms with Gasteiger partial charge in [0.25, 0.3) is 5.56 Å². The van der Waals surface area contributed by atoms with Crippen molar-refractivity contribution in [2.75, 3.05) is 0 Å². The summed E-state index contributed by atoms with van der Waals surface area (Å²) in [4.78, 5) is 22.1. The van der Waals surface area contributed by atoms with Crippen LogP contribution in [0.4, 0.5) is 0 Å². The van der Waals surface area contributed by atoms with E-state index in [1.54, 1.807) is 16.8 Å². The number of aromatic nitrogens is 3. The zero-order valence-corrected chi connectivity index (χ0v) is 16.0. The summed E-state index contributed by atoms with van der Waals surface area (Å²) in [5.74, 6) is 0.689. The second-order valence-electron chi connectivity index (χ2n) is 5.58. The van der Waals surface area contributed by atoms with Gasteiger partial charge in [-0.1, -0.05) is 29.8 Å². The molecule has 0 aliphatic heterocycles. The standard InChI is InChI=1S/C19H14ClN3OS.ClH/c20-14-6-1-2-7-16(14)23-17(9-8-13-5-3-4-11-21-13)22-15-10-12-25-18(15)19(23)24;/h1-7,10-12H,8-9H2;1H. The first-order valence-electron chi connectivity index (χ1n) is 7.88. The van der Waals surface area contributed by atoms with E-state index in [1.807, 2.05) is 47.8 Å². The summed E-state index contributed by atoms with van der Waals surface area (Å²) in [5.41, 5.74) is 2.28. The Hall–Kier alpha value is -2.21. The fraction of sp³-hybridized carbons (Fsp3) is 0.105. The van der Waals surface area contributed by atoms with Crippen molar-refractivity contribution in [3.05, 3.63) is 87.0 Å². The van der Waals surface area contributed by atoms with Gasteiger partial charge in [-0.15, -0.1) is 23.7 Å². The molecule has 4 aromatic rings. The Kier molecular flexibility index (Phi) is 5.71. The summed E-state index contributed by atoms with van der Waals surface area (Å²) in [7, 11) is 0. The zero-order chi connectivity index (χ0) is 17.2. The van der Waals surface area contributed by atoms with Gasteiger partial charge in [0.05, 0.1) is 16.2 Å². The van der Waals surface area contributed by atoms with E-state index in [0.717, 1.165) is 11.2 Å². The maximum Gasteiger partial charge on any atom is 0.276 e. The SMILES string of the molecule is Cl.O=c1c2sccc2nc(CCc2ccccn2)n1-c1ccccc1Cl. The number of halogens is 2. The lowest BCUT2D eigenvalue weighted by Crippen LogP contribution is -2.24. The zero-order valence-electron chi connectivity index (χ0n) is 13.6. The first-order chi connectivity index (χ1) is 12.2. The Morgan fingerprint density at radius 1 is 1.04 bits per heavy atom. The molecule has 132 valence electrons. The average Bonchev–Trinajstić information content (AvgIpc) is 3.11. The van der Waals surface area contributed by atoms with Crippen molar-refractivity contribution in [2.24, 2.45) is 0 Å². The van der Waals surface area contributed by atoms with Gasteiger partial charge in [-0.05, 0) is 42.1 Å². The summed E-state index contributed by atoms with van der Waals surface area (Å²) >= 11 is 7.75. The van der Waals surface area contributed by atoms with E-state index < -0.39 is 0 Å². The van der Waals surface area contributed by atoms with Crippen molar-refractivity contribution in [3.63, 3.8) is 0 Å². The topological polar surface area (TPSA) is 47.8 Å². The number of hydrogen-bond donors (Lipinski definition) is 0. The van der Waals surface area contributed by atoms with Crippen molar-refractivity contribution in [1.82, 2.24) is 14.5 Å². The van der Waals surface area contributed by atoms with Crippen LogP contribution in [0.5, 0.6) is 0 Å². The number of hydrogen-bond acceptors (Lipinski definition) is 4. The molecule has 0 aliphatic rings. The molecule has 7 heteroatoms. The molecule has 0 N–H and O–H groups in total. The second-order valence-corrected chi connectivity index (χ2v) is 6.90. The van der Waals surface area contributed by atoms with Crippen molar-refractivity contribution in [3.8, 4) is 5.69 Å². The van der Waals surface area contributed by atoms with E-state index in [0.29, 0.717) is 34.1 Å². The van der Waals surface area contributed by atoms with Gasteiger partial charge >= 0.3 is 0 Å². The van der Waals surface area contributed by atoms with E-state index in [2.05, 4.69) is 4.98 Å². The van der Waals surface area contributed by atoms with Crippen LogP contribution in [-0.2, 0) is 12.8 Å². The Labute approximate surface area is 165 Å². The highest BCUT2D eigenvalue weighted by molar-refractivity contribution is 7.17. The van der Waals surface area contributed by atoms with E-state index >= 15 is 0 Å². The number of nitrogens with zero attached hydrogens (tertiary/aromatic N) is 3. The molecule has 26 heavy (non-hydrogen) atoms. The highest BCUT2D eigenvalue weighted by Gasteiger charge is 2.15. The monoisotopic (exact) mass is 403 g/mol. The Morgan fingerprint density at radius 3 is 2.62 bits per heavy atom. The quantitative estimate of drug-likeness (QED) is 0.495. The fourth-order valence-electron chi connectivity index (χ4n) is 2.79. The Morgan fingerprint density at radius 2 is 1.85 bits per heavy atom. The van der Waals surface area contributed by atoms with E-state index in [4.69, 9.17) is 16.6 Å². The van der Waals surface area contributed by atoms with Crippen molar-refractivity contribution in [1.29, 1.82) is 0 Å². The molecule has 4 rings (SSSR count). The highest BCUT2D eigenvalue weighted by Crippen LogP contribution is 2.23. The van der Waals surface area contributed by atoms with Crippen molar-refractivity contribution >= 4 is 45.6 Å². The first kappa shape index (κ1) is 18.6. The minimum absolute atomic E-state index is 0. The van der Waals surface area contributed by atoms with Crippen molar-refractivity contribution < 1.29 is 0 Å². The van der Waals surface area contributed by atoms with Crippen LogP contribution in [0, 0.1) is 0 Å². The van der Waals surface area contributed by atoms with Gasteiger partial charge in [0.1, 0.15) is 10.5 Å². The van der Waals surface area contributed by atoms with Crippen LogP contribution in [0.25, 0.3) is 15.9 Å². The van der Waals surface area contributed by atoms with Crippen LogP contribution >= 0.6 is 35.3 Å². The molecular weight excluding hydrogens is 389 g/mol. The van der Waals surface area contributed by atoms with Gasteiger partial charge < -0.3 is 0 Å². The summed E-state index contributed by atoms with van der Waals surface area (Å²) < 4.78 is 2.27. The number of rotatable bonds is 4. The lowest BCUT2D eigenvalue weighted by atomic mass is 10.2. The summed E-state index contributed by atoms with van der Waals surface area (Å²) in [6.07, 6.45) is 3.07. The van der Waals surface area contributed by atoms with Crippen molar-refractivity contribution in [2.45, 2.75) is 12.8 Å². The van der Waals surface area contributed by atoms with E-state index in [-0.39, 0.29) is 18.0 Å². The minimum Gasteiger partial charge on any atom is -0.267 e. The van der Waals surface area contributed by atoms with Crippen LogP contribution in [0.3, 0.4) is 0 Å². The number of aryl methyl sites for hydroxylation is 2. The van der Waals surface area contributed by atoms with Crippen LogP contribution in [0.2, 0.25) is 5.02 Å². The normalized spacial score (nSPS) is 10.7. The second kappa shape index (κ2) is 7.99. The molecular formula is C19H15Cl2N3OS. The van der Waals surface area contributed by atoms with Gasteiger partial charge in [-0.3, -0.25) is 14.3 Å². The molecule has 0 saturated carbocycles. The molecule has 0 atom stereocenters. The molecule has 3 aromatic heterocycles. The maximum atomic E-state index is 13.0. The minimum atomic E-state index is -0.0795. The molecule has 0 saturated heterocycles. The molecule has 0 unspecified atom stereocenters. The number of thiophene rings is 1. The van der Waals surface area contributed by atoms with Crippen LogP contribution < -0.4 is 5.56 Å². The molecule has 0 fully saturated rings. The number of benzene rings is 1. The van der Waals surface area contributed by atoms with Gasteiger partial charge in [-0.2, -0.15) is 0 Å². The molecule has 0 spiro atoms. The molecule has 0 bridgehead atoms. The average molecular weight is 404 g/mol. The largest absolute Gasteiger partial charge is 0.276 e. The van der Waals surface area contributed by atoms with E-state index in [9.17, 15) is 4.79 Å². The smallest absolute Gasteiger partial charge is 0.267 e. The lowest BCUT2D eigenvalue weighted by molar-refractivity contribution is 0.779. The summed E-state index contributed by atoms with van der Waals surface area (Å²) in [6, 6.07) is 15.0. The lowest BCUT2D eigenvalue weighted by Gasteiger charge is -2.13. The molecule has 0 amide bonds. The van der Waals surface area contributed by atoms with Crippen LogP contribution in [-0.4, -0.2) is 14.5 Å². The van der Waals surface area contributed by atoms with Crippen LogP contribution in [0.1, 0.15) is 11.5 Å². The molecule has 1 aromatic carbocycles. The maximum absolute atomic E-state index is 13.0. The Balaban J connectivity index is 0.00000196. The summed E-state index contributed by atoms with van der Waals surface area (Å²) in [6.45, 7) is 0. The van der Waals surface area contributed by atoms with Gasteiger partial charge in [0, 0.05) is 18.3 Å². The van der Waals surface area contributed by atoms with Gasteiger partial charge in [0.2, 0.25) is 0 Å².